The molecule has 1 saturated heterocycles. The third-order valence-corrected chi connectivity index (χ3v) is 9.81. The highest BCUT2D eigenvalue weighted by molar-refractivity contribution is 6.25. The molecule has 2 amide bonds. The van der Waals surface area contributed by atoms with Crippen molar-refractivity contribution < 1.29 is 39.6 Å². The molecule has 2 unspecified atom stereocenters. The molecule has 256 valence electrons. The van der Waals surface area contributed by atoms with Crippen LogP contribution in [-0.4, -0.2) is 139 Å². The van der Waals surface area contributed by atoms with Crippen LogP contribution in [0.3, 0.4) is 0 Å². The first-order valence-corrected chi connectivity index (χ1v) is 16.0. The van der Waals surface area contributed by atoms with Crippen LogP contribution in [0.5, 0.6) is 5.75 Å². The number of likely N-dealkylation sites (tertiary alicyclic amines) is 1. The predicted octanol–water partition coefficient (Wildman–Crippen LogP) is 0.604. The van der Waals surface area contributed by atoms with Gasteiger partial charge in [0.1, 0.15) is 22.8 Å². The Morgan fingerprint density at radius 2 is 1.68 bits per heavy atom. The summed E-state index contributed by atoms with van der Waals surface area (Å²) in [4.78, 5) is 61.3. The number of nitrogens with one attached hydrogen (secondary N) is 2. The summed E-state index contributed by atoms with van der Waals surface area (Å²) < 4.78 is 0. The van der Waals surface area contributed by atoms with E-state index >= 15 is 0 Å². The zero-order chi connectivity index (χ0) is 34.5. The molecule has 0 radical (unpaired) electrons. The second kappa shape index (κ2) is 12.9. The van der Waals surface area contributed by atoms with Gasteiger partial charge in [-0.25, -0.2) is 0 Å². The lowest BCUT2D eigenvalue weighted by atomic mass is 9.57. The molecule has 1 aromatic carbocycles. The van der Waals surface area contributed by atoms with Crippen molar-refractivity contribution in [2.24, 2.45) is 11.8 Å². The number of anilines is 2. The molecule has 1 aliphatic heterocycles. The van der Waals surface area contributed by atoms with Crippen LogP contribution in [-0.2, 0) is 25.6 Å². The number of piperidine rings is 1. The first-order chi connectivity index (χ1) is 22.1. The first kappa shape index (κ1) is 34.4. The molecular weight excluding hydrogens is 608 g/mol. The number of nitrogens with zero attached hydrogens (tertiary/aromatic N) is 4. The molecule has 1 saturated carbocycles. The number of phenols is 1. The molecule has 0 aromatic heterocycles. The van der Waals surface area contributed by atoms with E-state index in [1.807, 2.05) is 4.90 Å². The maximum absolute atomic E-state index is 14.4. The molecule has 1 heterocycles. The number of hydrogen-bond acceptors (Lipinski definition) is 12. The first-order valence-electron chi connectivity index (χ1n) is 16.0. The topological polar surface area (TPSA) is 186 Å². The third kappa shape index (κ3) is 5.88. The van der Waals surface area contributed by atoms with Gasteiger partial charge in [0.05, 0.1) is 30.5 Å². The monoisotopic (exact) mass is 654 g/mol. The van der Waals surface area contributed by atoms with Crippen LogP contribution >= 0.6 is 0 Å². The minimum atomic E-state index is -2.70. The summed E-state index contributed by atoms with van der Waals surface area (Å²) in [6, 6.07) is 0.466. The average molecular weight is 655 g/mol. The van der Waals surface area contributed by atoms with Crippen molar-refractivity contribution >= 4 is 40.5 Å². The Balaban J connectivity index is 1.61. The lowest BCUT2D eigenvalue weighted by molar-refractivity contribution is -0.153. The van der Waals surface area contributed by atoms with Crippen LogP contribution in [0.2, 0.25) is 0 Å². The van der Waals surface area contributed by atoms with E-state index in [2.05, 4.69) is 10.6 Å². The molecule has 2 fully saturated rings. The minimum absolute atomic E-state index is 0.0113. The number of likely N-dealkylation sites (N-methyl/N-ethyl adjacent to an activating group) is 2. The maximum Gasteiger partial charge on any atom is 0.259 e. The molecule has 3 aliphatic carbocycles. The number of rotatable bonds is 8. The van der Waals surface area contributed by atoms with E-state index in [9.17, 15) is 39.6 Å². The molecule has 0 spiro atoms. The molecule has 14 heteroatoms. The quantitative estimate of drug-likeness (QED) is 0.170. The van der Waals surface area contributed by atoms with E-state index in [-0.39, 0.29) is 42.9 Å². The van der Waals surface area contributed by atoms with Gasteiger partial charge in [-0.15, -0.1) is 0 Å². The van der Waals surface area contributed by atoms with Crippen molar-refractivity contribution in [3.05, 3.63) is 34.1 Å². The van der Waals surface area contributed by atoms with Crippen LogP contribution in [0.25, 0.3) is 5.76 Å². The Morgan fingerprint density at radius 3 is 2.28 bits per heavy atom. The van der Waals surface area contributed by atoms with Gasteiger partial charge in [-0.05, 0) is 84.5 Å². The highest BCUT2D eigenvalue weighted by Crippen LogP contribution is 2.54. The van der Waals surface area contributed by atoms with Gasteiger partial charge in [0.15, 0.2) is 11.4 Å². The van der Waals surface area contributed by atoms with Gasteiger partial charge in [0, 0.05) is 31.3 Å². The average Bonchev–Trinajstić information content (AvgIpc) is 2.99. The van der Waals surface area contributed by atoms with Gasteiger partial charge in [-0.1, -0.05) is 6.42 Å². The lowest BCUT2D eigenvalue weighted by Gasteiger charge is -2.50. The summed E-state index contributed by atoms with van der Waals surface area (Å²) in [5.41, 5.74) is -2.56. The number of benzene rings is 1. The predicted molar refractivity (Wildman–Crippen MR) is 175 cm³/mol. The van der Waals surface area contributed by atoms with Gasteiger partial charge in [0.25, 0.3) is 5.91 Å². The number of Topliss-reactive ketones (excluding diaryl/α,β-unsaturated/α-hetero) is 2. The number of carbonyl (C=O) groups excluding carboxylic acids is 4. The lowest BCUT2D eigenvalue weighted by Crippen LogP contribution is -2.66. The summed E-state index contributed by atoms with van der Waals surface area (Å²) >= 11 is 0. The molecule has 4 aliphatic rings. The molecule has 47 heavy (non-hydrogen) atoms. The Labute approximate surface area is 274 Å². The minimum Gasteiger partial charge on any atom is -0.508 e. The van der Waals surface area contributed by atoms with Crippen molar-refractivity contribution in [1.82, 2.24) is 20.0 Å². The summed E-state index contributed by atoms with van der Waals surface area (Å²) in [6.45, 7) is 1.70. The van der Waals surface area contributed by atoms with E-state index < -0.39 is 69.7 Å². The Bertz CT molecular complexity index is 1560. The molecule has 0 bridgehead atoms. The maximum atomic E-state index is 14.4. The van der Waals surface area contributed by atoms with Gasteiger partial charge in [-0.3, -0.25) is 29.0 Å². The van der Waals surface area contributed by atoms with Crippen molar-refractivity contribution in [2.45, 2.75) is 43.7 Å². The largest absolute Gasteiger partial charge is 0.508 e. The highest BCUT2D eigenvalue weighted by atomic mass is 16.3. The van der Waals surface area contributed by atoms with E-state index in [1.165, 1.54) is 4.90 Å². The van der Waals surface area contributed by atoms with Gasteiger partial charge >= 0.3 is 0 Å². The van der Waals surface area contributed by atoms with E-state index in [0.29, 0.717) is 11.3 Å². The fourth-order valence-corrected chi connectivity index (χ4v) is 7.63. The number of fused-ring (bicyclic) bond motifs is 3. The van der Waals surface area contributed by atoms with E-state index in [1.54, 1.807) is 58.2 Å². The number of carbonyl (C=O) groups is 4. The van der Waals surface area contributed by atoms with Gasteiger partial charge in [0.2, 0.25) is 11.7 Å². The Hall–Kier alpha value is -3.98. The molecule has 14 nitrogen and oxygen atoms in total. The van der Waals surface area contributed by atoms with Crippen molar-refractivity contribution in [3.63, 3.8) is 0 Å². The molecule has 5 rings (SSSR count). The number of ketones is 2. The van der Waals surface area contributed by atoms with Crippen molar-refractivity contribution in [2.75, 3.05) is 78.8 Å². The molecular formula is C33H46N6O8. The van der Waals surface area contributed by atoms with E-state index in [4.69, 9.17) is 0 Å². The summed E-state index contributed by atoms with van der Waals surface area (Å²) in [5, 5.41) is 52.1. The second-order valence-electron chi connectivity index (χ2n) is 13.8. The van der Waals surface area contributed by atoms with Gasteiger partial charge in [-0.2, -0.15) is 0 Å². The summed E-state index contributed by atoms with van der Waals surface area (Å²) in [6.07, 6.45) is 3.20. The number of amides is 2. The van der Waals surface area contributed by atoms with Crippen LogP contribution in [0.15, 0.2) is 23.0 Å². The highest BCUT2D eigenvalue weighted by Gasteiger charge is 2.64. The Kier molecular flexibility index (Phi) is 9.43. The van der Waals surface area contributed by atoms with Crippen LogP contribution in [0.4, 0.5) is 11.4 Å². The smallest absolute Gasteiger partial charge is 0.259 e. The van der Waals surface area contributed by atoms with Crippen LogP contribution in [0.1, 0.15) is 36.8 Å². The van der Waals surface area contributed by atoms with Crippen LogP contribution < -0.4 is 15.5 Å². The van der Waals surface area contributed by atoms with Gasteiger partial charge < -0.3 is 40.9 Å². The SMILES string of the molecule is CN(C)CC(=O)Nc1cc(N(C)C)c2c(c1O)C(O)=C1C(=O)[C@]3(O)C(O)=C(C(=O)NCN4CCCCC4)C(=O)[C@@H](N(C)C)C3CC1C2. The Morgan fingerprint density at radius 1 is 1.02 bits per heavy atom. The zero-order valence-corrected chi connectivity index (χ0v) is 27.9. The normalized spacial score (nSPS) is 26.3. The number of aromatic hydroxyl groups is 1. The number of phenolic OH excluding ortho intramolecular Hbond substituents is 1. The molecule has 1 aromatic rings. The standard InChI is InChI=1S/C33H46N6O8/c1-36(2)15-22(40)35-20-14-21(37(3)4)18-12-17-13-19-26(38(5)6)29(43)25(32(46)34-16-39-10-8-7-9-11-39)31(45)33(19,47)30(44)23(17)28(42)24(18)27(20)41/h14,17,19,26,41-42,45,47H,7-13,15-16H2,1-6H3,(H,34,46)(H,35,40)/t17?,19?,26-,33-/m0/s1. The van der Waals surface area contributed by atoms with Crippen LogP contribution in [0, 0.1) is 11.8 Å². The third-order valence-electron chi connectivity index (χ3n) is 9.81. The van der Waals surface area contributed by atoms with Crippen molar-refractivity contribution in [1.29, 1.82) is 0 Å². The summed E-state index contributed by atoms with van der Waals surface area (Å²) in [7, 11) is 10.2. The number of hydrogen-bond donors (Lipinski definition) is 6. The van der Waals surface area contributed by atoms with E-state index in [0.717, 1.165) is 32.4 Å². The zero-order valence-electron chi connectivity index (χ0n) is 27.9. The van der Waals surface area contributed by atoms with Crippen molar-refractivity contribution in [3.8, 4) is 5.75 Å². The number of aliphatic hydroxyl groups is 3. The fraction of sp³-hybridized carbons (Fsp3) is 0.576. The second-order valence-corrected chi connectivity index (χ2v) is 13.8. The number of aliphatic hydroxyl groups excluding tert-OH is 2. The molecule has 6 N–H and O–H groups in total. The molecule has 4 atom stereocenters. The fourth-order valence-electron chi connectivity index (χ4n) is 7.63. The summed E-state index contributed by atoms with van der Waals surface area (Å²) in [5.74, 6) is -6.99.